The fraction of sp³-hybridized carbons (Fsp3) is 0.333. The number of carbonyl (C=O) groups is 2. The molecular formula is C24H26N2O6. The Morgan fingerprint density at radius 1 is 0.938 bits per heavy atom. The Hall–Kier alpha value is -3.68. The van der Waals surface area contributed by atoms with Crippen molar-refractivity contribution in [2.75, 3.05) is 6.61 Å². The van der Waals surface area contributed by atoms with Crippen LogP contribution in [0.3, 0.4) is 0 Å². The lowest BCUT2D eigenvalue weighted by Gasteiger charge is -2.19. The second-order valence-corrected chi connectivity index (χ2v) is 8.36. The third-order valence-corrected chi connectivity index (χ3v) is 4.58. The van der Waals surface area contributed by atoms with Crippen LogP contribution in [0.15, 0.2) is 52.1 Å². The lowest BCUT2D eigenvalue weighted by atomic mass is 10.1. The van der Waals surface area contributed by atoms with Gasteiger partial charge < -0.3 is 14.5 Å². The summed E-state index contributed by atoms with van der Waals surface area (Å²) in [6.45, 7) is 7.40. The molecule has 0 radical (unpaired) electrons. The maximum Gasteiger partial charge on any atom is 0.333 e. The van der Waals surface area contributed by atoms with Gasteiger partial charge in [0.25, 0.3) is 5.56 Å². The lowest BCUT2D eigenvalue weighted by molar-refractivity contribution is -0.154. The molecule has 0 bridgehead atoms. The summed E-state index contributed by atoms with van der Waals surface area (Å²) in [6, 6.07) is 11.4. The van der Waals surface area contributed by atoms with Crippen LogP contribution in [0.5, 0.6) is 0 Å². The molecule has 1 N–H and O–H groups in total. The van der Waals surface area contributed by atoms with E-state index in [2.05, 4.69) is 4.98 Å². The Kier molecular flexibility index (Phi) is 6.62. The van der Waals surface area contributed by atoms with Crippen molar-refractivity contribution < 1.29 is 19.1 Å². The first-order chi connectivity index (χ1) is 15.1. The van der Waals surface area contributed by atoms with Crippen molar-refractivity contribution in [3.8, 4) is 5.69 Å². The van der Waals surface area contributed by atoms with E-state index in [9.17, 15) is 19.2 Å². The number of aromatic amines is 1. The zero-order valence-corrected chi connectivity index (χ0v) is 18.6. The molecule has 0 spiro atoms. The predicted molar refractivity (Wildman–Crippen MR) is 120 cm³/mol. The summed E-state index contributed by atoms with van der Waals surface area (Å²) in [7, 11) is 0. The zero-order valence-electron chi connectivity index (χ0n) is 18.6. The molecule has 1 aromatic heterocycles. The summed E-state index contributed by atoms with van der Waals surface area (Å²) in [6.07, 6.45) is 0.137. The molecule has 2 aromatic carbocycles. The fourth-order valence-electron chi connectivity index (χ4n) is 3.30. The van der Waals surface area contributed by atoms with Gasteiger partial charge in [-0.15, -0.1) is 0 Å². The Bertz CT molecular complexity index is 1260. The van der Waals surface area contributed by atoms with Crippen molar-refractivity contribution in [2.24, 2.45) is 0 Å². The zero-order chi connectivity index (χ0) is 23.5. The average Bonchev–Trinajstić information content (AvgIpc) is 2.67. The molecule has 3 rings (SSSR count). The summed E-state index contributed by atoms with van der Waals surface area (Å²) in [5, 5.41) is 0.313. The number of hydrogen-bond acceptors (Lipinski definition) is 6. The molecule has 0 amide bonds. The summed E-state index contributed by atoms with van der Waals surface area (Å²) in [5.41, 5.74) is 0.384. The number of aromatic nitrogens is 2. The van der Waals surface area contributed by atoms with Crippen LogP contribution in [0.2, 0.25) is 0 Å². The van der Waals surface area contributed by atoms with Crippen LogP contribution in [0.4, 0.5) is 0 Å². The van der Waals surface area contributed by atoms with Crippen molar-refractivity contribution in [1.29, 1.82) is 0 Å². The van der Waals surface area contributed by atoms with Gasteiger partial charge in [-0.25, -0.2) is 9.36 Å². The monoisotopic (exact) mass is 438 g/mol. The Morgan fingerprint density at radius 2 is 1.56 bits per heavy atom. The molecule has 0 fully saturated rings. The second kappa shape index (κ2) is 9.21. The van der Waals surface area contributed by atoms with Crippen LogP contribution in [-0.4, -0.2) is 33.7 Å². The van der Waals surface area contributed by atoms with E-state index >= 15 is 0 Å². The first-order valence-corrected chi connectivity index (χ1v) is 10.3. The lowest BCUT2D eigenvalue weighted by Crippen LogP contribution is -2.33. The molecule has 0 aliphatic carbocycles. The number of benzene rings is 2. The molecule has 8 nitrogen and oxygen atoms in total. The molecule has 1 heterocycles. The summed E-state index contributed by atoms with van der Waals surface area (Å²) in [5.74, 6) is -0.737. The topological polar surface area (TPSA) is 107 Å². The fourth-order valence-corrected chi connectivity index (χ4v) is 3.30. The maximum absolute atomic E-state index is 13.0. The van der Waals surface area contributed by atoms with Crippen LogP contribution in [-0.2, 0) is 31.9 Å². The molecule has 0 unspecified atom stereocenters. The molecule has 0 atom stereocenters. The number of hydrogen-bond donors (Lipinski definition) is 1. The highest BCUT2D eigenvalue weighted by Crippen LogP contribution is 2.14. The largest absolute Gasteiger partial charge is 0.466 e. The van der Waals surface area contributed by atoms with E-state index in [1.165, 1.54) is 0 Å². The molecule has 0 aliphatic rings. The van der Waals surface area contributed by atoms with Crippen molar-refractivity contribution in [1.82, 2.24) is 9.55 Å². The van der Waals surface area contributed by atoms with E-state index in [0.29, 0.717) is 34.3 Å². The number of nitrogens with one attached hydrogen (secondary N) is 1. The molecule has 3 aromatic rings. The van der Waals surface area contributed by atoms with Gasteiger partial charge in [0.05, 0.1) is 36.0 Å². The predicted octanol–water partition coefficient (Wildman–Crippen LogP) is 2.67. The first kappa shape index (κ1) is 23.0. The molecule has 32 heavy (non-hydrogen) atoms. The number of rotatable bonds is 6. The standard InChI is InChI=1S/C24H26N2O6/c1-5-31-20(27)13-15-6-9-17(10-7-15)26-22(29)18-11-8-16(12-19(18)25-23(26)30)14-21(28)32-24(2,3)4/h6-12H,5,13-14H2,1-4H3,(H,25,30). The van der Waals surface area contributed by atoms with Crippen molar-refractivity contribution in [3.63, 3.8) is 0 Å². The third-order valence-electron chi connectivity index (χ3n) is 4.58. The number of nitrogens with zero attached hydrogens (tertiary/aromatic N) is 1. The molecule has 168 valence electrons. The van der Waals surface area contributed by atoms with E-state index < -0.39 is 22.8 Å². The van der Waals surface area contributed by atoms with Crippen molar-refractivity contribution in [2.45, 2.75) is 46.1 Å². The third kappa shape index (κ3) is 5.51. The number of fused-ring (bicyclic) bond motifs is 1. The van der Waals surface area contributed by atoms with Gasteiger partial charge in [-0.05, 0) is 63.1 Å². The maximum atomic E-state index is 13.0. The van der Waals surface area contributed by atoms with Gasteiger partial charge in [0.15, 0.2) is 0 Å². The number of carbonyl (C=O) groups excluding carboxylic acids is 2. The van der Waals surface area contributed by atoms with E-state index in [-0.39, 0.29) is 18.8 Å². The first-order valence-electron chi connectivity index (χ1n) is 10.3. The molecule has 0 saturated carbocycles. The second-order valence-electron chi connectivity index (χ2n) is 8.36. The highest BCUT2D eigenvalue weighted by Gasteiger charge is 2.17. The van der Waals surface area contributed by atoms with Crippen molar-refractivity contribution in [3.05, 3.63) is 74.4 Å². The van der Waals surface area contributed by atoms with E-state index in [1.54, 1.807) is 70.2 Å². The minimum Gasteiger partial charge on any atom is -0.466 e. The van der Waals surface area contributed by atoms with E-state index in [1.807, 2.05) is 0 Å². The summed E-state index contributed by atoms with van der Waals surface area (Å²) < 4.78 is 11.3. The smallest absolute Gasteiger partial charge is 0.333 e. The number of H-pyrrole nitrogens is 1. The Labute approximate surface area is 184 Å². The van der Waals surface area contributed by atoms with Crippen LogP contribution in [0.25, 0.3) is 16.6 Å². The van der Waals surface area contributed by atoms with Crippen LogP contribution in [0, 0.1) is 0 Å². The molecular weight excluding hydrogens is 412 g/mol. The van der Waals surface area contributed by atoms with Gasteiger partial charge in [0, 0.05) is 0 Å². The van der Waals surface area contributed by atoms with Crippen LogP contribution < -0.4 is 11.2 Å². The van der Waals surface area contributed by atoms with E-state index in [4.69, 9.17) is 9.47 Å². The van der Waals surface area contributed by atoms with Gasteiger partial charge in [0.2, 0.25) is 0 Å². The molecule has 0 saturated heterocycles. The van der Waals surface area contributed by atoms with Gasteiger partial charge in [-0.1, -0.05) is 18.2 Å². The summed E-state index contributed by atoms with van der Waals surface area (Å²) in [4.78, 5) is 52.1. The van der Waals surface area contributed by atoms with Crippen LogP contribution in [0.1, 0.15) is 38.8 Å². The highest BCUT2D eigenvalue weighted by atomic mass is 16.6. The normalized spacial score (nSPS) is 11.4. The van der Waals surface area contributed by atoms with Gasteiger partial charge in [0.1, 0.15) is 5.60 Å². The quantitative estimate of drug-likeness (QED) is 0.593. The SMILES string of the molecule is CCOC(=O)Cc1ccc(-n2c(=O)[nH]c3cc(CC(=O)OC(C)(C)C)ccc3c2=O)cc1. The van der Waals surface area contributed by atoms with Gasteiger partial charge in [-0.3, -0.25) is 14.4 Å². The minimum absolute atomic E-state index is 0.0280. The van der Waals surface area contributed by atoms with Crippen LogP contribution >= 0.6 is 0 Å². The van der Waals surface area contributed by atoms with Gasteiger partial charge in [-0.2, -0.15) is 0 Å². The minimum atomic E-state index is -0.602. The Morgan fingerprint density at radius 3 is 2.19 bits per heavy atom. The average molecular weight is 438 g/mol. The van der Waals surface area contributed by atoms with Gasteiger partial charge >= 0.3 is 17.6 Å². The highest BCUT2D eigenvalue weighted by molar-refractivity contribution is 5.81. The number of esters is 2. The molecule has 8 heteroatoms. The summed E-state index contributed by atoms with van der Waals surface area (Å²) >= 11 is 0. The molecule has 0 aliphatic heterocycles. The van der Waals surface area contributed by atoms with E-state index in [0.717, 1.165) is 4.57 Å². The van der Waals surface area contributed by atoms with Crippen molar-refractivity contribution >= 4 is 22.8 Å². The Balaban J connectivity index is 1.90. The number of ether oxygens (including phenoxy) is 2.